The van der Waals surface area contributed by atoms with Crippen molar-refractivity contribution in [2.45, 2.75) is 40.2 Å². The summed E-state index contributed by atoms with van der Waals surface area (Å²) < 4.78 is 0. The average Bonchev–Trinajstić information content (AvgIpc) is 2.90. The van der Waals surface area contributed by atoms with Gasteiger partial charge in [-0.15, -0.1) is 11.3 Å². The Labute approximate surface area is 124 Å². The fourth-order valence-corrected chi connectivity index (χ4v) is 4.22. The molecule has 1 aliphatic heterocycles. The van der Waals surface area contributed by atoms with E-state index in [9.17, 15) is 0 Å². The molecule has 3 heterocycles. The number of aromatic nitrogens is 2. The molecule has 5 heteroatoms. The predicted molar refractivity (Wildman–Crippen MR) is 85.6 cm³/mol. The summed E-state index contributed by atoms with van der Waals surface area (Å²) >= 11 is 1.77. The minimum atomic E-state index is 0.501. The molecule has 108 valence electrons. The number of nitrogens with two attached hydrogens (primary N) is 1. The zero-order chi connectivity index (χ0) is 14.4. The van der Waals surface area contributed by atoms with Crippen LogP contribution in [0.15, 0.2) is 0 Å². The molecule has 1 saturated heterocycles. The third kappa shape index (κ3) is 2.09. The minimum Gasteiger partial charge on any atom is -0.353 e. The molecule has 0 aliphatic carbocycles. The van der Waals surface area contributed by atoms with Crippen LogP contribution in [0.25, 0.3) is 10.2 Å². The van der Waals surface area contributed by atoms with Gasteiger partial charge in [0.1, 0.15) is 16.5 Å². The lowest BCUT2D eigenvalue weighted by atomic mass is 10.1. The van der Waals surface area contributed by atoms with Crippen molar-refractivity contribution in [2.24, 2.45) is 11.7 Å². The molecule has 2 atom stereocenters. The highest BCUT2D eigenvalue weighted by Crippen LogP contribution is 2.38. The number of rotatable bonds is 2. The Morgan fingerprint density at radius 3 is 2.70 bits per heavy atom. The van der Waals surface area contributed by atoms with Crippen LogP contribution in [0.4, 0.5) is 5.82 Å². The first-order chi connectivity index (χ1) is 9.51. The second-order valence-corrected chi connectivity index (χ2v) is 7.10. The van der Waals surface area contributed by atoms with Crippen LogP contribution < -0.4 is 10.6 Å². The lowest BCUT2D eigenvalue weighted by Crippen LogP contribution is -2.29. The predicted octanol–water partition coefficient (Wildman–Crippen LogP) is 2.79. The lowest BCUT2D eigenvalue weighted by Gasteiger charge is -2.24. The van der Waals surface area contributed by atoms with Gasteiger partial charge in [0, 0.05) is 17.5 Å². The molecule has 2 aromatic heterocycles. The van der Waals surface area contributed by atoms with Crippen LogP contribution in [0.5, 0.6) is 0 Å². The number of thiophene rings is 1. The summed E-state index contributed by atoms with van der Waals surface area (Å²) in [7, 11) is 0. The van der Waals surface area contributed by atoms with Crippen molar-refractivity contribution in [1.29, 1.82) is 0 Å². The zero-order valence-corrected chi connectivity index (χ0v) is 13.4. The first kappa shape index (κ1) is 13.8. The molecule has 1 fully saturated rings. The van der Waals surface area contributed by atoms with Gasteiger partial charge in [0.2, 0.25) is 0 Å². The quantitative estimate of drug-likeness (QED) is 0.924. The topological polar surface area (TPSA) is 55.0 Å². The number of hydrogen-bond donors (Lipinski definition) is 1. The molecule has 0 amide bonds. The van der Waals surface area contributed by atoms with Crippen LogP contribution in [0.1, 0.15) is 29.6 Å². The van der Waals surface area contributed by atoms with Crippen LogP contribution in [0.2, 0.25) is 0 Å². The Kier molecular flexibility index (Phi) is 3.42. The second kappa shape index (κ2) is 4.97. The van der Waals surface area contributed by atoms with E-state index in [0.29, 0.717) is 12.0 Å². The zero-order valence-electron chi connectivity index (χ0n) is 12.6. The van der Waals surface area contributed by atoms with E-state index in [1.54, 1.807) is 11.3 Å². The van der Waals surface area contributed by atoms with Gasteiger partial charge in [0.25, 0.3) is 0 Å². The molecule has 2 unspecified atom stereocenters. The molecule has 4 nitrogen and oxygen atoms in total. The molecular formula is C15H22N4S. The number of aryl methyl sites for hydroxylation is 3. The summed E-state index contributed by atoms with van der Waals surface area (Å²) in [6.45, 7) is 10.4. The van der Waals surface area contributed by atoms with Crippen molar-refractivity contribution in [3.63, 3.8) is 0 Å². The van der Waals surface area contributed by atoms with Crippen molar-refractivity contribution in [2.75, 3.05) is 18.0 Å². The maximum Gasteiger partial charge on any atom is 0.141 e. The van der Waals surface area contributed by atoms with Gasteiger partial charge < -0.3 is 10.6 Å². The largest absolute Gasteiger partial charge is 0.353 e. The second-order valence-electron chi connectivity index (χ2n) is 5.90. The SMILES string of the molecule is Cc1nc(N2CC(CN)CC2C)c2c(C)c(C)sc2n1. The van der Waals surface area contributed by atoms with Crippen molar-refractivity contribution in [1.82, 2.24) is 9.97 Å². The molecule has 3 rings (SSSR count). The van der Waals surface area contributed by atoms with Crippen molar-refractivity contribution in [3.8, 4) is 0 Å². The fourth-order valence-electron chi connectivity index (χ4n) is 3.15. The highest BCUT2D eigenvalue weighted by atomic mass is 32.1. The van der Waals surface area contributed by atoms with Gasteiger partial charge >= 0.3 is 0 Å². The average molecular weight is 290 g/mol. The van der Waals surface area contributed by atoms with E-state index in [2.05, 4.69) is 30.7 Å². The van der Waals surface area contributed by atoms with Crippen molar-refractivity contribution < 1.29 is 0 Å². The van der Waals surface area contributed by atoms with Crippen molar-refractivity contribution >= 4 is 27.4 Å². The summed E-state index contributed by atoms with van der Waals surface area (Å²) in [5.41, 5.74) is 7.18. The van der Waals surface area contributed by atoms with Gasteiger partial charge in [0.15, 0.2) is 0 Å². The Morgan fingerprint density at radius 1 is 1.30 bits per heavy atom. The van der Waals surface area contributed by atoms with Gasteiger partial charge in [-0.3, -0.25) is 0 Å². The van der Waals surface area contributed by atoms with Gasteiger partial charge in [0.05, 0.1) is 5.39 Å². The van der Waals surface area contributed by atoms with E-state index in [4.69, 9.17) is 10.7 Å². The smallest absolute Gasteiger partial charge is 0.141 e. The minimum absolute atomic E-state index is 0.501. The van der Waals surface area contributed by atoms with Crippen LogP contribution in [0.3, 0.4) is 0 Å². The Hall–Kier alpha value is -1.20. The summed E-state index contributed by atoms with van der Waals surface area (Å²) in [4.78, 5) is 14.2. The maximum atomic E-state index is 5.86. The Morgan fingerprint density at radius 2 is 2.05 bits per heavy atom. The van der Waals surface area contributed by atoms with Crippen LogP contribution >= 0.6 is 11.3 Å². The van der Waals surface area contributed by atoms with Gasteiger partial charge in [-0.05, 0) is 52.1 Å². The summed E-state index contributed by atoms with van der Waals surface area (Å²) in [6, 6.07) is 0.501. The lowest BCUT2D eigenvalue weighted by molar-refractivity contribution is 0.579. The highest BCUT2D eigenvalue weighted by Gasteiger charge is 2.31. The van der Waals surface area contributed by atoms with E-state index in [-0.39, 0.29) is 0 Å². The molecule has 0 aromatic carbocycles. The molecule has 0 spiro atoms. The van der Waals surface area contributed by atoms with E-state index < -0.39 is 0 Å². The van der Waals surface area contributed by atoms with Gasteiger partial charge in [-0.25, -0.2) is 9.97 Å². The van der Waals surface area contributed by atoms with Crippen LogP contribution in [0, 0.1) is 26.7 Å². The normalized spacial score (nSPS) is 22.9. The molecule has 0 bridgehead atoms. The standard InChI is InChI=1S/C15H22N4S/c1-8-5-12(6-16)7-19(8)14-13-9(2)10(3)20-15(13)18-11(4)17-14/h8,12H,5-7,16H2,1-4H3. The first-order valence-electron chi connectivity index (χ1n) is 7.22. The monoisotopic (exact) mass is 290 g/mol. The molecular weight excluding hydrogens is 268 g/mol. The third-order valence-corrected chi connectivity index (χ3v) is 5.49. The first-order valence-corrected chi connectivity index (χ1v) is 8.04. The maximum absolute atomic E-state index is 5.86. The van der Waals surface area contributed by atoms with E-state index >= 15 is 0 Å². The summed E-state index contributed by atoms with van der Waals surface area (Å²) in [5.74, 6) is 2.55. The fraction of sp³-hybridized carbons (Fsp3) is 0.600. The van der Waals surface area contributed by atoms with Gasteiger partial charge in [-0.2, -0.15) is 0 Å². The number of anilines is 1. The molecule has 20 heavy (non-hydrogen) atoms. The van der Waals surface area contributed by atoms with Crippen molar-refractivity contribution in [3.05, 3.63) is 16.3 Å². The Balaban J connectivity index is 2.15. The number of nitrogens with zero attached hydrogens (tertiary/aromatic N) is 3. The third-order valence-electron chi connectivity index (χ3n) is 4.39. The van der Waals surface area contributed by atoms with E-state index in [1.807, 2.05) is 6.92 Å². The summed E-state index contributed by atoms with van der Waals surface area (Å²) in [6.07, 6.45) is 1.16. The number of hydrogen-bond acceptors (Lipinski definition) is 5. The van der Waals surface area contributed by atoms with Crippen LogP contribution in [-0.2, 0) is 0 Å². The molecule has 1 aliphatic rings. The van der Waals surface area contributed by atoms with Crippen LogP contribution in [-0.4, -0.2) is 29.1 Å². The van der Waals surface area contributed by atoms with Gasteiger partial charge in [-0.1, -0.05) is 0 Å². The molecule has 0 saturated carbocycles. The summed E-state index contributed by atoms with van der Waals surface area (Å²) in [5, 5.41) is 1.24. The highest BCUT2D eigenvalue weighted by molar-refractivity contribution is 7.18. The molecule has 0 radical (unpaired) electrons. The Bertz CT molecular complexity index is 649. The van der Waals surface area contributed by atoms with E-state index in [0.717, 1.165) is 36.0 Å². The number of fused-ring (bicyclic) bond motifs is 1. The molecule has 2 N–H and O–H groups in total. The van der Waals surface area contributed by atoms with E-state index in [1.165, 1.54) is 15.8 Å². The molecule has 2 aromatic rings.